The smallest absolute Gasteiger partial charge is 0.0778 e. The highest BCUT2D eigenvalue weighted by atomic mass is 16.5. The summed E-state index contributed by atoms with van der Waals surface area (Å²) in [5, 5.41) is 0. The van der Waals surface area contributed by atoms with Crippen molar-refractivity contribution in [2.45, 2.75) is 24.8 Å². The van der Waals surface area contributed by atoms with Crippen LogP contribution in [-0.4, -0.2) is 31.8 Å². The lowest BCUT2D eigenvalue weighted by atomic mass is 9.91. The SMILES string of the molecule is NCC1(N2CCCc3ccccc32)CCOC1. The maximum Gasteiger partial charge on any atom is 0.0778 e. The molecule has 3 rings (SSSR count). The van der Waals surface area contributed by atoms with Crippen molar-refractivity contribution in [2.75, 3.05) is 31.2 Å². The number of rotatable bonds is 2. The molecule has 0 aromatic heterocycles. The van der Waals surface area contributed by atoms with Gasteiger partial charge in [0, 0.05) is 25.4 Å². The molecule has 0 bridgehead atoms. The Hall–Kier alpha value is -1.06. The van der Waals surface area contributed by atoms with Crippen molar-refractivity contribution in [2.24, 2.45) is 5.73 Å². The third-order valence-electron chi connectivity index (χ3n) is 4.15. The van der Waals surface area contributed by atoms with Crippen molar-refractivity contribution in [3.8, 4) is 0 Å². The van der Waals surface area contributed by atoms with Crippen LogP contribution in [0.2, 0.25) is 0 Å². The van der Waals surface area contributed by atoms with E-state index in [4.69, 9.17) is 10.5 Å². The summed E-state index contributed by atoms with van der Waals surface area (Å²) in [5.74, 6) is 0. The largest absolute Gasteiger partial charge is 0.379 e. The average molecular weight is 232 g/mol. The zero-order chi connectivity index (χ0) is 11.7. The molecule has 2 aliphatic rings. The second-order valence-electron chi connectivity index (χ2n) is 5.11. The normalized spacial score (nSPS) is 28.2. The monoisotopic (exact) mass is 232 g/mol. The van der Waals surface area contributed by atoms with Gasteiger partial charge >= 0.3 is 0 Å². The molecule has 0 aliphatic carbocycles. The van der Waals surface area contributed by atoms with Gasteiger partial charge in [0.1, 0.15) is 0 Å². The maximum absolute atomic E-state index is 6.04. The Bertz CT molecular complexity index is 399. The van der Waals surface area contributed by atoms with Gasteiger partial charge in [0.25, 0.3) is 0 Å². The Morgan fingerprint density at radius 2 is 2.24 bits per heavy atom. The minimum atomic E-state index is 0.0382. The van der Waals surface area contributed by atoms with Crippen LogP contribution in [-0.2, 0) is 11.2 Å². The fourth-order valence-electron chi connectivity index (χ4n) is 3.11. The molecule has 0 spiro atoms. The van der Waals surface area contributed by atoms with Crippen LogP contribution < -0.4 is 10.6 Å². The number of para-hydroxylation sites is 1. The highest BCUT2D eigenvalue weighted by Crippen LogP contribution is 2.36. The van der Waals surface area contributed by atoms with Gasteiger partial charge in [-0.1, -0.05) is 18.2 Å². The highest BCUT2D eigenvalue weighted by molar-refractivity contribution is 5.58. The van der Waals surface area contributed by atoms with E-state index in [1.54, 1.807) is 0 Å². The quantitative estimate of drug-likeness (QED) is 0.841. The Morgan fingerprint density at radius 1 is 1.35 bits per heavy atom. The Labute approximate surface area is 103 Å². The van der Waals surface area contributed by atoms with Gasteiger partial charge in [-0.2, -0.15) is 0 Å². The van der Waals surface area contributed by atoms with Gasteiger partial charge in [0.05, 0.1) is 12.1 Å². The number of aryl methyl sites for hydroxylation is 1. The molecule has 2 heterocycles. The van der Waals surface area contributed by atoms with Crippen molar-refractivity contribution in [1.29, 1.82) is 0 Å². The fraction of sp³-hybridized carbons (Fsp3) is 0.571. The number of anilines is 1. The first-order valence-corrected chi connectivity index (χ1v) is 6.49. The topological polar surface area (TPSA) is 38.5 Å². The van der Waals surface area contributed by atoms with Gasteiger partial charge in [-0.25, -0.2) is 0 Å². The van der Waals surface area contributed by atoms with Crippen LogP contribution in [0.15, 0.2) is 24.3 Å². The van der Waals surface area contributed by atoms with E-state index in [0.717, 1.165) is 26.2 Å². The van der Waals surface area contributed by atoms with Crippen LogP contribution in [0.1, 0.15) is 18.4 Å². The van der Waals surface area contributed by atoms with E-state index in [9.17, 15) is 0 Å². The highest BCUT2D eigenvalue weighted by Gasteiger charge is 2.40. The Balaban J connectivity index is 1.99. The molecule has 1 aromatic carbocycles. The van der Waals surface area contributed by atoms with E-state index in [1.165, 1.54) is 24.1 Å². The third kappa shape index (κ3) is 1.74. The molecular formula is C14H20N2O. The number of ether oxygens (including phenoxy) is 1. The third-order valence-corrected chi connectivity index (χ3v) is 4.15. The maximum atomic E-state index is 6.04. The van der Waals surface area contributed by atoms with E-state index in [2.05, 4.69) is 29.2 Å². The lowest BCUT2D eigenvalue weighted by Gasteiger charge is -2.44. The van der Waals surface area contributed by atoms with E-state index in [0.29, 0.717) is 6.54 Å². The van der Waals surface area contributed by atoms with E-state index in [1.807, 2.05) is 0 Å². The molecule has 1 fully saturated rings. The second-order valence-corrected chi connectivity index (χ2v) is 5.11. The summed E-state index contributed by atoms with van der Waals surface area (Å²) < 4.78 is 5.60. The standard InChI is InChI=1S/C14H20N2O/c15-10-14(7-9-17-11-14)16-8-3-5-12-4-1-2-6-13(12)16/h1-2,4,6H,3,5,7-11,15H2. The summed E-state index contributed by atoms with van der Waals surface area (Å²) in [5.41, 5.74) is 8.90. The van der Waals surface area contributed by atoms with Crippen molar-refractivity contribution in [1.82, 2.24) is 0 Å². The molecule has 1 unspecified atom stereocenters. The molecule has 17 heavy (non-hydrogen) atoms. The average Bonchev–Trinajstić information content (AvgIpc) is 2.88. The molecule has 2 N–H and O–H groups in total. The molecule has 2 aliphatic heterocycles. The van der Waals surface area contributed by atoms with Crippen molar-refractivity contribution in [3.05, 3.63) is 29.8 Å². The zero-order valence-electron chi connectivity index (χ0n) is 10.2. The number of benzene rings is 1. The number of hydrogen-bond acceptors (Lipinski definition) is 3. The molecule has 1 atom stereocenters. The molecule has 92 valence electrons. The molecular weight excluding hydrogens is 212 g/mol. The Kier molecular flexibility index (Phi) is 2.81. The number of nitrogens with two attached hydrogens (primary N) is 1. The van der Waals surface area contributed by atoms with E-state index < -0.39 is 0 Å². The van der Waals surface area contributed by atoms with Crippen LogP contribution in [0.4, 0.5) is 5.69 Å². The van der Waals surface area contributed by atoms with Crippen molar-refractivity contribution >= 4 is 5.69 Å². The molecule has 0 amide bonds. The fourth-order valence-corrected chi connectivity index (χ4v) is 3.11. The van der Waals surface area contributed by atoms with Crippen LogP contribution in [0.25, 0.3) is 0 Å². The predicted molar refractivity (Wildman–Crippen MR) is 69.3 cm³/mol. The number of hydrogen-bond donors (Lipinski definition) is 1. The van der Waals surface area contributed by atoms with Gasteiger partial charge in [-0.3, -0.25) is 0 Å². The zero-order valence-corrected chi connectivity index (χ0v) is 10.2. The van der Waals surface area contributed by atoms with Crippen LogP contribution in [0.3, 0.4) is 0 Å². The van der Waals surface area contributed by atoms with Crippen LogP contribution in [0.5, 0.6) is 0 Å². The Morgan fingerprint density at radius 3 is 3.00 bits per heavy atom. The van der Waals surface area contributed by atoms with Gasteiger partial charge < -0.3 is 15.4 Å². The summed E-state index contributed by atoms with van der Waals surface area (Å²) in [6.07, 6.45) is 3.46. The minimum absolute atomic E-state index is 0.0382. The van der Waals surface area contributed by atoms with Crippen molar-refractivity contribution in [3.63, 3.8) is 0 Å². The van der Waals surface area contributed by atoms with E-state index in [-0.39, 0.29) is 5.54 Å². The number of nitrogens with zero attached hydrogens (tertiary/aromatic N) is 1. The first kappa shape index (κ1) is 11.1. The van der Waals surface area contributed by atoms with Gasteiger partial charge in [-0.15, -0.1) is 0 Å². The molecule has 1 saturated heterocycles. The van der Waals surface area contributed by atoms with Crippen LogP contribution in [0, 0.1) is 0 Å². The summed E-state index contributed by atoms with van der Waals surface area (Å²) >= 11 is 0. The first-order valence-electron chi connectivity index (χ1n) is 6.49. The number of fused-ring (bicyclic) bond motifs is 1. The molecule has 3 nitrogen and oxygen atoms in total. The van der Waals surface area contributed by atoms with Crippen LogP contribution >= 0.6 is 0 Å². The van der Waals surface area contributed by atoms with Crippen molar-refractivity contribution < 1.29 is 4.74 Å². The van der Waals surface area contributed by atoms with Gasteiger partial charge in [0.2, 0.25) is 0 Å². The second kappa shape index (κ2) is 4.31. The summed E-state index contributed by atoms with van der Waals surface area (Å²) in [6.45, 7) is 3.41. The first-order chi connectivity index (χ1) is 8.36. The van der Waals surface area contributed by atoms with E-state index >= 15 is 0 Å². The molecule has 0 saturated carbocycles. The summed E-state index contributed by atoms with van der Waals surface area (Å²) in [6, 6.07) is 8.71. The predicted octanol–water partition coefficient (Wildman–Crippen LogP) is 1.56. The molecule has 0 radical (unpaired) electrons. The lowest BCUT2D eigenvalue weighted by Crippen LogP contribution is -2.56. The lowest BCUT2D eigenvalue weighted by molar-refractivity contribution is 0.176. The summed E-state index contributed by atoms with van der Waals surface area (Å²) in [4.78, 5) is 2.50. The minimum Gasteiger partial charge on any atom is -0.379 e. The van der Waals surface area contributed by atoms with Gasteiger partial charge in [-0.05, 0) is 30.9 Å². The molecule has 1 aromatic rings. The molecule has 3 heteroatoms. The summed E-state index contributed by atoms with van der Waals surface area (Å²) in [7, 11) is 0. The van der Waals surface area contributed by atoms with Gasteiger partial charge in [0.15, 0.2) is 0 Å².